The highest BCUT2D eigenvalue weighted by atomic mass is 35.5. The first-order valence-electron chi connectivity index (χ1n) is 5.93. The SMILES string of the molecule is CC(N)Cc1ccc(-n2cc(Cl)cn2)cc1C(F)(F)F. The lowest BCUT2D eigenvalue weighted by Crippen LogP contribution is -2.21. The van der Waals surface area contributed by atoms with Crippen molar-refractivity contribution in [2.45, 2.75) is 25.6 Å². The highest BCUT2D eigenvalue weighted by Gasteiger charge is 2.33. The van der Waals surface area contributed by atoms with Crippen LogP contribution in [0.5, 0.6) is 0 Å². The maximum atomic E-state index is 13.1. The lowest BCUT2D eigenvalue weighted by molar-refractivity contribution is -0.138. The number of aromatic nitrogens is 2. The van der Waals surface area contributed by atoms with Crippen LogP contribution in [0.1, 0.15) is 18.1 Å². The van der Waals surface area contributed by atoms with Gasteiger partial charge in [-0.15, -0.1) is 0 Å². The molecule has 0 fully saturated rings. The van der Waals surface area contributed by atoms with Crippen LogP contribution in [0.2, 0.25) is 5.02 Å². The molecule has 1 aromatic heterocycles. The summed E-state index contributed by atoms with van der Waals surface area (Å²) in [6.07, 6.45) is -1.46. The lowest BCUT2D eigenvalue weighted by atomic mass is 10.00. The summed E-state index contributed by atoms with van der Waals surface area (Å²) in [6.45, 7) is 1.67. The molecule has 2 rings (SSSR count). The van der Waals surface area contributed by atoms with Gasteiger partial charge in [-0.05, 0) is 31.0 Å². The number of halogens is 4. The van der Waals surface area contributed by atoms with Gasteiger partial charge in [0.05, 0.1) is 22.5 Å². The summed E-state index contributed by atoms with van der Waals surface area (Å²) in [4.78, 5) is 0. The Bertz CT molecular complexity index is 605. The molecule has 20 heavy (non-hydrogen) atoms. The van der Waals surface area contributed by atoms with Crippen LogP contribution in [0.25, 0.3) is 5.69 Å². The minimum atomic E-state index is -4.43. The van der Waals surface area contributed by atoms with E-state index in [0.29, 0.717) is 10.7 Å². The first-order valence-corrected chi connectivity index (χ1v) is 6.31. The second-order valence-electron chi connectivity index (χ2n) is 4.62. The van der Waals surface area contributed by atoms with Gasteiger partial charge in [0, 0.05) is 12.2 Å². The second-order valence-corrected chi connectivity index (χ2v) is 5.06. The average Bonchev–Trinajstić information content (AvgIpc) is 2.74. The number of rotatable bonds is 3. The van der Waals surface area contributed by atoms with Crippen molar-refractivity contribution >= 4 is 11.6 Å². The van der Waals surface area contributed by atoms with Crippen LogP contribution in [0.3, 0.4) is 0 Å². The fourth-order valence-electron chi connectivity index (χ4n) is 1.94. The molecule has 1 heterocycles. The molecule has 0 radical (unpaired) electrons. The molecule has 1 aromatic carbocycles. The van der Waals surface area contributed by atoms with Crippen LogP contribution in [-0.2, 0) is 12.6 Å². The van der Waals surface area contributed by atoms with E-state index in [1.165, 1.54) is 23.1 Å². The average molecular weight is 304 g/mol. The molecule has 0 aliphatic heterocycles. The maximum absolute atomic E-state index is 13.1. The van der Waals surface area contributed by atoms with E-state index < -0.39 is 11.7 Å². The van der Waals surface area contributed by atoms with Gasteiger partial charge in [-0.3, -0.25) is 0 Å². The largest absolute Gasteiger partial charge is 0.416 e. The van der Waals surface area contributed by atoms with Crippen LogP contribution in [0.15, 0.2) is 30.6 Å². The number of nitrogens with two attached hydrogens (primary N) is 1. The van der Waals surface area contributed by atoms with Crippen molar-refractivity contribution in [3.8, 4) is 5.69 Å². The van der Waals surface area contributed by atoms with E-state index >= 15 is 0 Å². The van der Waals surface area contributed by atoms with Gasteiger partial charge in [0.1, 0.15) is 0 Å². The highest BCUT2D eigenvalue weighted by molar-refractivity contribution is 6.30. The molecular weight excluding hydrogens is 291 g/mol. The van der Waals surface area contributed by atoms with Crippen LogP contribution in [0.4, 0.5) is 13.2 Å². The Balaban J connectivity index is 2.48. The molecule has 2 N–H and O–H groups in total. The first-order chi connectivity index (χ1) is 9.27. The van der Waals surface area contributed by atoms with Crippen molar-refractivity contribution in [3.05, 3.63) is 46.7 Å². The van der Waals surface area contributed by atoms with Gasteiger partial charge in [0.25, 0.3) is 0 Å². The number of benzene rings is 1. The van der Waals surface area contributed by atoms with Crippen LogP contribution < -0.4 is 5.73 Å². The summed E-state index contributed by atoms with van der Waals surface area (Å²) >= 11 is 5.72. The summed E-state index contributed by atoms with van der Waals surface area (Å²) in [6, 6.07) is 3.70. The van der Waals surface area contributed by atoms with Gasteiger partial charge < -0.3 is 5.73 Å². The summed E-state index contributed by atoms with van der Waals surface area (Å²) in [7, 11) is 0. The highest BCUT2D eigenvalue weighted by Crippen LogP contribution is 2.34. The van der Waals surface area contributed by atoms with Crippen molar-refractivity contribution in [1.29, 1.82) is 0 Å². The van der Waals surface area contributed by atoms with Crippen molar-refractivity contribution in [3.63, 3.8) is 0 Å². The predicted octanol–water partition coefficient (Wildman–Crippen LogP) is 3.43. The summed E-state index contributed by atoms with van der Waals surface area (Å²) in [5.41, 5.74) is 5.37. The van der Waals surface area contributed by atoms with Gasteiger partial charge >= 0.3 is 6.18 Å². The molecule has 0 saturated carbocycles. The van der Waals surface area contributed by atoms with E-state index in [1.54, 1.807) is 13.0 Å². The Hall–Kier alpha value is -1.53. The summed E-state index contributed by atoms with van der Waals surface area (Å²) in [5, 5.41) is 4.25. The molecule has 0 spiro atoms. The molecule has 2 aromatic rings. The summed E-state index contributed by atoms with van der Waals surface area (Å²) < 4.78 is 40.6. The molecular formula is C13H13ClF3N3. The zero-order valence-corrected chi connectivity index (χ0v) is 11.4. The molecule has 0 aliphatic rings. The monoisotopic (exact) mass is 303 g/mol. The van der Waals surface area contributed by atoms with Gasteiger partial charge in [-0.2, -0.15) is 18.3 Å². The molecule has 0 bridgehead atoms. The third-order valence-electron chi connectivity index (χ3n) is 2.76. The Morgan fingerprint density at radius 2 is 2.10 bits per heavy atom. The molecule has 3 nitrogen and oxygen atoms in total. The van der Waals surface area contributed by atoms with Crippen molar-refractivity contribution in [1.82, 2.24) is 9.78 Å². The molecule has 1 unspecified atom stereocenters. The minimum absolute atomic E-state index is 0.162. The van der Waals surface area contributed by atoms with Gasteiger partial charge in [0.15, 0.2) is 0 Å². The van der Waals surface area contributed by atoms with Gasteiger partial charge in [-0.25, -0.2) is 4.68 Å². The quantitative estimate of drug-likeness (QED) is 0.944. The van der Waals surface area contributed by atoms with Crippen LogP contribution >= 0.6 is 11.6 Å². The van der Waals surface area contributed by atoms with Crippen LogP contribution in [-0.4, -0.2) is 15.8 Å². The van der Waals surface area contributed by atoms with E-state index in [0.717, 1.165) is 6.07 Å². The van der Waals surface area contributed by atoms with Crippen LogP contribution in [0, 0.1) is 0 Å². The van der Waals surface area contributed by atoms with E-state index in [-0.39, 0.29) is 18.0 Å². The molecule has 108 valence electrons. The van der Waals surface area contributed by atoms with Crippen molar-refractivity contribution in [2.24, 2.45) is 5.73 Å². The van der Waals surface area contributed by atoms with E-state index in [4.69, 9.17) is 17.3 Å². The van der Waals surface area contributed by atoms with Gasteiger partial charge in [-0.1, -0.05) is 17.7 Å². The third kappa shape index (κ3) is 3.32. The zero-order valence-electron chi connectivity index (χ0n) is 10.7. The second kappa shape index (κ2) is 5.46. The topological polar surface area (TPSA) is 43.8 Å². The number of alkyl halides is 3. The molecule has 1 atom stereocenters. The third-order valence-corrected chi connectivity index (χ3v) is 2.95. The Labute approximate surface area is 119 Å². The predicted molar refractivity (Wildman–Crippen MR) is 70.9 cm³/mol. The number of nitrogens with zero attached hydrogens (tertiary/aromatic N) is 2. The number of hydrogen-bond acceptors (Lipinski definition) is 2. The first kappa shape index (κ1) is 14.9. The lowest BCUT2D eigenvalue weighted by Gasteiger charge is -2.16. The Kier molecular flexibility index (Phi) is 4.06. The number of hydrogen-bond donors (Lipinski definition) is 1. The Morgan fingerprint density at radius 3 is 2.60 bits per heavy atom. The smallest absolute Gasteiger partial charge is 0.328 e. The normalized spacial score (nSPS) is 13.5. The fourth-order valence-corrected chi connectivity index (χ4v) is 2.07. The fraction of sp³-hybridized carbons (Fsp3) is 0.308. The van der Waals surface area contributed by atoms with Gasteiger partial charge in [0.2, 0.25) is 0 Å². The summed E-state index contributed by atoms with van der Waals surface area (Å²) in [5.74, 6) is 0. The zero-order chi connectivity index (χ0) is 14.9. The van der Waals surface area contributed by atoms with E-state index in [1.807, 2.05) is 0 Å². The van der Waals surface area contributed by atoms with Crippen molar-refractivity contribution < 1.29 is 13.2 Å². The maximum Gasteiger partial charge on any atom is 0.416 e. The van der Waals surface area contributed by atoms with E-state index in [2.05, 4.69) is 5.10 Å². The van der Waals surface area contributed by atoms with E-state index in [9.17, 15) is 13.2 Å². The standard InChI is InChI=1S/C13H13ClF3N3/c1-8(18)4-9-2-3-11(5-12(9)13(15,16)17)20-7-10(14)6-19-20/h2-3,5-8H,4,18H2,1H3. The molecule has 0 aliphatic carbocycles. The Morgan fingerprint density at radius 1 is 1.40 bits per heavy atom. The molecule has 7 heteroatoms. The molecule has 0 amide bonds. The molecule has 0 saturated heterocycles. The minimum Gasteiger partial charge on any atom is -0.328 e. The van der Waals surface area contributed by atoms with Crippen molar-refractivity contribution in [2.75, 3.05) is 0 Å².